The summed E-state index contributed by atoms with van der Waals surface area (Å²) in [7, 11) is 0. The topological polar surface area (TPSA) is 122 Å². The monoisotopic (exact) mass is 377 g/mol. The fourth-order valence-corrected chi connectivity index (χ4v) is 2.40. The molecule has 0 heterocycles. The quantitative estimate of drug-likeness (QED) is 0.480. The van der Waals surface area contributed by atoms with Gasteiger partial charge in [0.25, 0.3) is 5.69 Å². The molecule has 0 aliphatic rings. The molecule has 2 aromatic carbocycles. The van der Waals surface area contributed by atoms with Crippen molar-refractivity contribution in [3.8, 4) is 0 Å². The van der Waals surface area contributed by atoms with Gasteiger partial charge in [-0.25, -0.2) is 0 Å². The molecule has 2 rings (SSSR count). The molecule has 2 aromatic rings. The lowest BCUT2D eigenvalue weighted by atomic mass is 10.1. The molecule has 1 amide bonds. The second kappa shape index (κ2) is 8.93. The van der Waals surface area contributed by atoms with Crippen LogP contribution in [0.3, 0.4) is 0 Å². The zero-order valence-corrected chi connectivity index (χ0v) is 14.3. The predicted molar refractivity (Wildman–Crippen MR) is 96.1 cm³/mol. The number of nitrogens with one attached hydrogen (secondary N) is 2. The number of rotatable bonds is 8. The van der Waals surface area contributed by atoms with E-state index in [0.29, 0.717) is 0 Å². The summed E-state index contributed by atoms with van der Waals surface area (Å²) < 4.78 is 0. The molecule has 0 fully saturated rings. The molecule has 0 aliphatic carbocycles. The number of hydrogen-bond donors (Lipinski definition) is 3. The zero-order chi connectivity index (χ0) is 19.1. The van der Waals surface area contributed by atoms with Crippen LogP contribution in [0.25, 0.3) is 0 Å². The molecular weight excluding hydrogens is 362 g/mol. The van der Waals surface area contributed by atoms with Crippen LogP contribution in [0.4, 0.5) is 11.4 Å². The zero-order valence-electron chi connectivity index (χ0n) is 13.5. The number of hydrogen-bond acceptors (Lipinski definition) is 5. The summed E-state index contributed by atoms with van der Waals surface area (Å²) in [6, 6.07) is 11.9. The van der Waals surface area contributed by atoms with Crippen molar-refractivity contribution in [3.05, 3.63) is 69.2 Å². The molecule has 3 N–H and O–H groups in total. The highest BCUT2D eigenvalue weighted by Crippen LogP contribution is 2.27. The molecule has 0 aliphatic heterocycles. The van der Waals surface area contributed by atoms with E-state index in [4.69, 9.17) is 11.6 Å². The molecule has 1 unspecified atom stereocenters. The number of anilines is 1. The summed E-state index contributed by atoms with van der Waals surface area (Å²) in [5.41, 5.74) is 0.701. The van der Waals surface area contributed by atoms with E-state index in [2.05, 4.69) is 10.6 Å². The first kappa shape index (κ1) is 19.4. The minimum atomic E-state index is -1.17. The van der Waals surface area contributed by atoms with Gasteiger partial charge in [-0.15, -0.1) is 0 Å². The van der Waals surface area contributed by atoms with E-state index < -0.39 is 22.8 Å². The van der Waals surface area contributed by atoms with Gasteiger partial charge < -0.3 is 10.4 Å². The smallest absolute Gasteiger partial charge is 0.321 e. The Balaban J connectivity index is 1.98. The van der Waals surface area contributed by atoms with E-state index in [9.17, 15) is 24.8 Å². The highest BCUT2D eigenvalue weighted by atomic mass is 35.5. The summed E-state index contributed by atoms with van der Waals surface area (Å²) in [4.78, 5) is 33.6. The number of carboxylic acids is 1. The van der Waals surface area contributed by atoms with E-state index >= 15 is 0 Å². The number of benzene rings is 2. The Labute approximate surface area is 153 Å². The number of carbonyl (C=O) groups is 2. The molecule has 0 bridgehead atoms. The first-order valence-electron chi connectivity index (χ1n) is 7.60. The average molecular weight is 378 g/mol. The second-order valence-electron chi connectivity index (χ2n) is 5.43. The maximum atomic E-state index is 12.1. The molecule has 26 heavy (non-hydrogen) atoms. The Morgan fingerprint density at radius 3 is 2.50 bits per heavy atom. The van der Waals surface area contributed by atoms with Gasteiger partial charge in [0.2, 0.25) is 5.91 Å². The van der Waals surface area contributed by atoms with Crippen LogP contribution in [0.2, 0.25) is 5.02 Å². The van der Waals surface area contributed by atoms with Crippen LogP contribution in [0, 0.1) is 10.1 Å². The lowest BCUT2D eigenvalue weighted by molar-refractivity contribution is -0.384. The van der Waals surface area contributed by atoms with Crippen molar-refractivity contribution in [2.45, 2.75) is 19.0 Å². The summed E-state index contributed by atoms with van der Waals surface area (Å²) >= 11 is 5.71. The van der Waals surface area contributed by atoms with Gasteiger partial charge >= 0.3 is 5.97 Å². The Morgan fingerprint density at radius 1 is 1.19 bits per heavy atom. The predicted octanol–water partition coefficient (Wildman–Crippen LogP) is 2.82. The van der Waals surface area contributed by atoms with Gasteiger partial charge in [0, 0.05) is 18.3 Å². The van der Waals surface area contributed by atoms with Crippen LogP contribution in [0.5, 0.6) is 0 Å². The van der Waals surface area contributed by atoms with Crippen LogP contribution >= 0.6 is 11.6 Å². The Hall–Kier alpha value is -2.97. The Morgan fingerprint density at radius 2 is 1.88 bits per heavy atom. The standard InChI is InChI=1S/C17H16ClN3O5/c18-13-7-6-12(8-15(13)21(25)26)20-16(22)9-14(17(23)24)19-10-11-4-2-1-3-5-11/h1-8,14,19H,9-10H2,(H,20,22)(H,23,24). The third kappa shape index (κ3) is 5.54. The maximum Gasteiger partial charge on any atom is 0.321 e. The summed E-state index contributed by atoms with van der Waals surface area (Å²) in [6.07, 6.45) is -0.335. The first-order valence-corrected chi connectivity index (χ1v) is 7.98. The van der Waals surface area contributed by atoms with Crippen LogP contribution in [0.15, 0.2) is 48.5 Å². The van der Waals surface area contributed by atoms with E-state index in [0.717, 1.165) is 11.6 Å². The van der Waals surface area contributed by atoms with Gasteiger partial charge in [0.1, 0.15) is 11.1 Å². The molecule has 0 saturated heterocycles. The van der Waals surface area contributed by atoms with Gasteiger partial charge in [-0.2, -0.15) is 0 Å². The fraction of sp³-hybridized carbons (Fsp3) is 0.176. The van der Waals surface area contributed by atoms with Crippen molar-refractivity contribution in [2.24, 2.45) is 0 Å². The normalized spacial score (nSPS) is 11.6. The van der Waals surface area contributed by atoms with Crippen molar-refractivity contribution in [1.82, 2.24) is 5.32 Å². The van der Waals surface area contributed by atoms with Crippen molar-refractivity contribution in [1.29, 1.82) is 0 Å². The lowest BCUT2D eigenvalue weighted by Gasteiger charge is -2.14. The van der Waals surface area contributed by atoms with Crippen molar-refractivity contribution in [3.63, 3.8) is 0 Å². The van der Waals surface area contributed by atoms with Gasteiger partial charge in [-0.05, 0) is 17.7 Å². The SMILES string of the molecule is O=C(CC(NCc1ccccc1)C(=O)O)Nc1ccc(Cl)c([N+](=O)[O-])c1. The van der Waals surface area contributed by atoms with Crippen LogP contribution in [-0.4, -0.2) is 27.9 Å². The third-order valence-corrected chi connectivity index (χ3v) is 3.83. The van der Waals surface area contributed by atoms with E-state index in [1.165, 1.54) is 12.1 Å². The minimum absolute atomic E-state index is 0.0547. The number of carboxylic acid groups (broad SMARTS) is 1. The largest absolute Gasteiger partial charge is 0.480 e. The average Bonchev–Trinajstić information content (AvgIpc) is 2.60. The molecule has 0 spiro atoms. The van der Waals surface area contributed by atoms with E-state index in [-0.39, 0.29) is 29.4 Å². The molecule has 0 radical (unpaired) electrons. The Kier molecular flexibility index (Phi) is 6.65. The number of nitro benzene ring substituents is 1. The van der Waals surface area contributed by atoms with Crippen LogP contribution < -0.4 is 10.6 Å². The number of nitrogens with zero attached hydrogens (tertiary/aromatic N) is 1. The number of halogens is 1. The molecule has 9 heteroatoms. The number of nitro groups is 1. The summed E-state index contributed by atoms with van der Waals surface area (Å²) in [6.45, 7) is 0.289. The van der Waals surface area contributed by atoms with Gasteiger partial charge in [-0.3, -0.25) is 25.0 Å². The van der Waals surface area contributed by atoms with Crippen molar-refractivity contribution in [2.75, 3.05) is 5.32 Å². The minimum Gasteiger partial charge on any atom is -0.480 e. The molecule has 1 atom stereocenters. The van der Waals surface area contributed by atoms with Crippen molar-refractivity contribution >= 4 is 34.9 Å². The van der Waals surface area contributed by atoms with Crippen LogP contribution in [0.1, 0.15) is 12.0 Å². The summed E-state index contributed by atoms with van der Waals surface area (Å²) in [5.74, 6) is -1.76. The van der Waals surface area contributed by atoms with E-state index in [1.54, 1.807) is 0 Å². The highest BCUT2D eigenvalue weighted by molar-refractivity contribution is 6.32. The fourth-order valence-electron chi connectivity index (χ4n) is 2.21. The third-order valence-electron chi connectivity index (χ3n) is 3.51. The lowest BCUT2D eigenvalue weighted by Crippen LogP contribution is -2.39. The molecule has 0 aromatic heterocycles. The molecule has 136 valence electrons. The van der Waals surface area contributed by atoms with E-state index in [1.807, 2.05) is 30.3 Å². The highest BCUT2D eigenvalue weighted by Gasteiger charge is 2.21. The Bertz CT molecular complexity index is 813. The summed E-state index contributed by atoms with van der Waals surface area (Å²) in [5, 5.41) is 25.3. The van der Waals surface area contributed by atoms with Gasteiger partial charge in [-0.1, -0.05) is 41.9 Å². The molecule has 8 nitrogen and oxygen atoms in total. The number of aliphatic carboxylic acids is 1. The second-order valence-corrected chi connectivity index (χ2v) is 5.84. The van der Waals surface area contributed by atoms with Gasteiger partial charge in [0.05, 0.1) is 11.3 Å². The molecule has 0 saturated carbocycles. The maximum absolute atomic E-state index is 12.1. The molecular formula is C17H16ClN3O5. The van der Waals surface area contributed by atoms with Crippen LogP contribution in [-0.2, 0) is 16.1 Å². The van der Waals surface area contributed by atoms with Crippen molar-refractivity contribution < 1.29 is 19.6 Å². The number of amides is 1. The number of carbonyl (C=O) groups excluding carboxylic acids is 1. The first-order chi connectivity index (χ1) is 12.4. The van der Waals surface area contributed by atoms with Gasteiger partial charge in [0.15, 0.2) is 0 Å².